The van der Waals surface area contributed by atoms with E-state index in [-0.39, 0.29) is 17.8 Å². The Labute approximate surface area is 224 Å². The van der Waals surface area contributed by atoms with Gasteiger partial charge in [-0.3, -0.25) is 9.36 Å². The molecule has 4 aromatic rings. The normalized spacial score (nSPS) is 14.0. The number of piperazine rings is 1. The fourth-order valence-corrected chi connectivity index (χ4v) is 5.38. The summed E-state index contributed by atoms with van der Waals surface area (Å²) in [5, 5.41) is 2.99. The van der Waals surface area contributed by atoms with Crippen LogP contribution in [0.2, 0.25) is 0 Å². The Bertz CT molecular complexity index is 1470. The number of carbonyl (C=O) groups is 2. The standard InChI is InChI=1S/C28H28FN5O3S/c1-3-37-28(36)32-13-15-33(16-14-32)38-24-6-4-5-22(18-24)31-27(35)20-7-12-25-26(17-20)34(19(2)30-25)23-10-8-21(29)9-11-23/h4-12,17-18H,3,13-16H2,1-2H3,(H,31,35). The molecule has 0 bridgehead atoms. The summed E-state index contributed by atoms with van der Waals surface area (Å²) in [6.45, 7) is 6.72. The zero-order valence-corrected chi connectivity index (χ0v) is 22.0. The van der Waals surface area contributed by atoms with E-state index in [1.165, 1.54) is 12.1 Å². The van der Waals surface area contributed by atoms with Crippen molar-refractivity contribution < 1.29 is 18.7 Å². The predicted octanol–water partition coefficient (Wildman–Crippen LogP) is 5.51. The second-order valence-corrected chi connectivity index (χ2v) is 10.0. The van der Waals surface area contributed by atoms with E-state index in [4.69, 9.17) is 4.74 Å². The van der Waals surface area contributed by atoms with Crippen molar-refractivity contribution >= 4 is 40.7 Å². The van der Waals surface area contributed by atoms with Crippen LogP contribution in [0.25, 0.3) is 16.7 Å². The largest absolute Gasteiger partial charge is 0.450 e. The van der Waals surface area contributed by atoms with Gasteiger partial charge in [0.2, 0.25) is 0 Å². The second kappa shape index (κ2) is 11.2. The van der Waals surface area contributed by atoms with Crippen LogP contribution in [0.15, 0.2) is 71.6 Å². The summed E-state index contributed by atoms with van der Waals surface area (Å²) in [5.74, 6) is 0.203. The molecular weight excluding hydrogens is 505 g/mol. The lowest BCUT2D eigenvalue weighted by molar-refractivity contribution is 0.0947. The third-order valence-electron chi connectivity index (χ3n) is 6.26. The highest BCUT2D eigenvalue weighted by molar-refractivity contribution is 7.97. The van der Waals surface area contributed by atoms with Gasteiger partial charge in [0.15, 0.2) is 0 Å². The number of aryl methyl sites for hydroxylation is 1. The van der Waals surface area contributed by atoms with Crippen LogP contribution in [-0.2, 0) is 4.74 Å². The number of imidazole rings is 1. The Morgan fingerprint density at radius 2 is 1.79 bits per heavy atom. The van der Waals surface area contributed by atoms with Crippen LogP contribution < -0.4 is 5.32 Å². The number of nitrogens with zero attached hydrogens (tertiary/aromatic N) is 4. The van der Waals surface area contributed by atoms with E-state index in [0.717, 1.165) is 40.5 Å². The van der Waals surface area contributed by atoms with Gasteiger partial charge in [-0.25, -0.2) is 18.5 Å². The summed E-state index contributed by atoms with van der Waals surface area (Å²) in [5.41, 5.74) is 3.48. The first-order chi connectivity index (χ1) is 18.4. The lowest BCUT2D eigenvalue weighted by Crippen LogP contribution is -2.46. The molecule has 1 aliphatic heterocycles. The minimum absolute atomic E-state index is 0.235. The van der Waals surface area contributed by atoms with Gasteiger partial charge in [-0.1, -0.05) is 6.07 Å². The molecule has 1 aromatic heterocycles. The molecule has 1 aliphatic rings. The number of hydrogen-bond donors (Lipinski definition) is 1. The first-order valence-corrected chi connectivity index (χ1v) is 13.2. The molecule has 0 spiro atoms. The average molecular weight is 534 g/mol. The van der Waals surface area contributed by atoms with Crippen molar-refractivity contribution in [3.8, 4) is 5.69 Å². The lowest BCUT2D eigenvalue weighted by atomic mass is 10.1. The number of anilines is 1. The maximum Gasteiger partial charge on any atom is 0.409 e. The Morgan fingerprint density at radius 3 is 2.53 bits per heavy atom. The Morgan fingerprint density at radius 1 is 1.03 bits per heavy atom. The van der Waals surface area contributed by atoms with E-state index in [2.05, 4.69) is 14.6 Å². The van der Waals surface area contributed by atoms with Gasteiger partial charge in [0, 0.05) is 48.0 Å². The predicted molar refractivity (Wildman–Crippen MR) is 146 cm³/mol. The highest BCUT2D eigenvalue weighted by Gasteiger charge is 2.22. The van der Waals surface area contributed by atoms with Crippen molar-refractivity contribution in [1.82, 2.24) is 18.8 Å². The van der Waals surface area contributed by atoms with Gasteiger partial charge in [-0.05, 0) is 86.5 Å². The quantitative estimate of drug-likeness (QED) is 0.330. The van der Waals surface area contributed by atoms with E-state index < -0.39 is 0 Å². The van der Waals surface area contributed by atoms with Crippen LogP contribution in [0.5, 0.6) is 0 Å². The molecule has 196 valence electrons. The molecule has 1 saturated heterocycles. The van der Waals surface area contributed by atoms with E-state index in [9.17, 15) is 14.0 Å². The fraction of sp³-hybridized carbons (Fsp3) is 0.250. The molecule has 2 heterocycles. The summed E-state index contributed by atoms with van der Waals surface area (Å²) >= 11 is 1.60. The molecule has 1 fully saturated rings. The minimum atomic E-state index is -0.310. The Balaban J connectivity index is 1.27. The zero-order valence-electron chi connectivity index (χ0n) is 21.2. The topological polar surface area (TPSA) is 79.7 Å². The molecule has 38 heavy (non-hydrogen) atoms. The molecular formula is C28H28FN5O3S. The number of rotatable bonds is 6. The number of aromatic nitrogens is 2. The van der Waals surface area contributed by atoms with Gasteiger partial charge in [-0.2, -0.15) is 0 Å². The zero-order chi connectivity index (χ0) is 26.6. The lowest BCUT2D eigenvalue weighted by Gasteiger charge is -2.33. The number of nitrogens with one attached hydrogen (secondary N) is 1. The fourth-order valence-electron chi connectivity index (χ4n) is 4.41. The van der Waals surface area contributed by atoms with Gasteiger partial charge >= 0.3 is 6.09 Å². The van der Waals surface area contributed by atoms with Gasteiger partial charge in [0.1, 0.15) is 11.6 Å². The summed E-state index contributed by atoms with van der Waals surface area (Å²) < 4.78 is 22.6. The number of hydrogen-bond acceptors (Lipinski definition) is 6. The first-order valence-electron chi connectivity index (χ1n) is 12.4. The van der Waals surface area contributed by atoms with Crippen molar-refractivity contribution in [3.63, 3.8) is 0 Å². The maximum atomic E-state index is 13.4. The van der Waals surface area contributed by atoms with Gasteiger partial charge in [0.05, 0.1) is 17.6 Å². The van der Waals surface area contributed by atoms with Crippen molar-refractivity contribution in [2.75, 3.05) is 38.1 Å². The highest BCUT2D eigenvalue weighted by atomic mass is 32.2. The SMILES string of the molecule is CCOC(=O)N1CCN(Sc2cccc(NC(=O)c3ccc4nc(C)n(-c5ccc(F)cc5)c4c3)c2)CC1. The van der Waals surface area contributed by atoms with Crippen LogP contribution in [0, 0.1) is 12.7 Å². The molecule has 0 aliphatic carbocycles. The first kappa shape index (κ1) is 25.7. The van der Waals surface area contributed by atoms with Crippen LogP contribution in [0.3, 0.4) is 0 Å². The van der Waals surface area contributed by atoms with Crippen LogP contribution in [0.4, 0.5) is 14.9 Å². The second-order valence-electron chi connectivity index (χ2n) is 8.86. The molecule has 1 N–H and O–H groups in total. The maximum absolute atomic E-state index is 13.4. The number of halogens is 1. The van der Waals surface area contributed by atoms with Crippen molar-refractivity contribution in [3.05, 3.63) is 83.9 Å². The smallest absolute Gasteiger partial charge is 0.409 e. The van der Waals surface area contributed by atoms with Gasteiger partial charge in [0.25, 0.3) is 5.91 Å². The summed E-state index contributed by atoms with van der Waals surface area (Å²) in [7, 11) is 0. The summed E-state index contributed by atoms with van der Waals surface area (Å²) in [4.78, 5) is 32.4. The number of benzene rings is 3. The average Bonchev–Trinajstić information content (AvgIpc) is 3.25. The third kappa shape index (κ3) is 5.66. The number of fused-ring (bicyclic) bond motifs is 1. The van der Waals surface area contributed by atoms with Crippen LogP contribution in [-0.4, -0.2) is 63.5 Å². The molecule has 3 aromatic carbocycles. The van der Waals surface area contributed by atoms with Gasteiger partial charge in [-0.15, -0.1) is 0 Å². The summed E-state index contributed by atoms with van der Waals surface area (Å²) in [6, 6.07) is 19.3. The molecule has 0 radical (unpaired) electrons. The Hall–Kier alpha value is -3.89. The molecule has 0 unspecified atom stereocenters. The van der Waals surface area contributed by atoms with E-state index >= 15 is 0 Å². The number of ether oxygens (including phenoxy) is 1. The number of carbonyl (C=O) groups excluding carboxylic acids is 2. The van der Waals surface area contributed by atoms with Gasteiger partial charge < -0.3 is 15.0 Å². The molecule has 0 atom stereocenters. The molecule has 8 nitrogen and oxygen atoms in total. The monoisotopic (exact) mass is 533 g/mol. The van der Waals surface area contributed by atoms with E-state index in [1.807, 2.05) is 41.8 Å². The van der Waals surface area contributed by atoms with Crippen molar-refractivity contribution in [2.24, 2.45) is 0 Å². The molecule has 10 heteroatoms. The molecule has 2 amide bonds. The van der Waals surface area contributed by atoms with E-state index in [1.54, 1.807) is 48.0 Å². The minimum Gasteiger partial charge on any atom is -0.450 e. The van der Waals surface area contributed by atoms with Crippen LogP contribution >= 0.6 is 11.9 Å². The Kier molecular flexibility index (Phi) is 7.62. The third-order valence-corrected chi connectivity index (χ3v) is 7.35. The molecule has 0 saturated carbocycles. The van der Waals surface area contributed by atoms with E-state index in [0.29, 0.717) is 30.9 Å². The van der Waals surface area contributed by atoms with Crippen LogP contribution in [0.1, 0.15) is 23.1 Å². The van der Waals surface area contributed by atoms with Crippen molar-refractivity contribution in [2.45, 2.75) is 18.7 Å². The molecule has 5 rings (SSSR count). The van der Waals surface area contributed by atoms with Crippen molar-refractivity contribution in [1.29, 1.82) is 0 Å². The summed E-state index contributed by atoms with van der Waals surface area (Å²) in [6.07, 6.45) is -0.268. The number of amides is 2. The highest BCUT2D eigenvalue weighted by Crippen LogP contribution is 2.27.